The normalized spacial score (nSPS) is 11.0. The second-order valence-electron chi connectivity index (χ2n) is 11.9. The van der Waals surface area contributed by atoms with Crippen LogP contribution in [0, 0.1) is 5.41 Å². The Morgan fingerprint density at radius 1 is 0.585 bits per heavy atom. The third kappa shape index (κ3) is 19.1. The summed E-state index contributed by atoms with van der Waals surface area (Å²) in [6.07, 6.45) is 34.2. The molecule has 0 fully saturated rings. The quantitative estimate of drug-likeness (QED) is 0.112. The first-order valence-corrected chi connectivity index (χ1v) is 17.1. The van der Waals surface area contributed by atoms with E-state index in [0.29, 0.717) is 5.36 Å². The van der Waals surface area contributed by atoms with Gasteiger partial charge in [-0.2, -0.15) is 0 Å². The minimum absolute atomic E-state index is 0. The van der Waals surface area contributed by atoms with Crippen molar-refractivity contribution >= 4 is 12.4 Å². The third-order valence-corrected chi connectivity index (χ3v) is 8.16. The van der Waals surface area contributed by atoms with Crippen LogP contribution in [-0.2, 0) is 19.5 Å². The van der Waals surface area contributed by atoms with Crippen molar-refractivity contribution in [2.75, 3.05) is 6.54 Å². The van der Waals surface area contributed by atoms with Crippen molar-refractivity contribution in [2.45, 2.75) is 162 Å². The fraction of sp³-hybridized carbons (Fsp3) is 0.722. The van der Waals surface area contributed by atoms with E-state index in [9.17, 15) is 0 Å². The Labute approximate surface area is 259 Å². The lowest BCUT2D eigenvalue weighted by atomic mass is 10.1. The Kier molecular flexibility index (Phi) is 23.5. The zero-order valence-electron chi connectivity index (χ0n) is 26.8. The summed E-state index contributed by atoms with van der Waals surface area (Å²) in [5, 5.41) is 9.81. The topological polar surface area (TPSA) is 46.1 Å². The van der Waals surface area contributed by atoms with Crippen LogP contribution in [0.2, 0.25) is 0 Å². The fourth-order valence-corrected chi connectivity index (χ4v) is 5.54. The molecular formula is C36H63ClN4. The first-order chi connectivity index (χ1) is 19.7. The van der Waals surface area contributed by atoms with Crippen LogP contribution >= 0.6 is 12.4 Å². The van der Waals surface area contributed by atoms with Crippen LogP contribution < -0.4 is 10.7 Å². The van der Waals surface area contributed by atoms with Gasteiger partial charge >= 0.3 is 0 Å². The van der Waals surface area contributed by atoms with Crippen molar-refractivity contribution in [3.63, 3.8) is 0 Å². The molecule has 0 radical (unpaired) electrons. The molecule has 4 nitrogen and oxygen atoms in total. The minimum Gasteiger partial charge on any atom is -0.354 e. The Morgan fingerprint density at radius 2 is 1.10 bits per heavy atom. The highest BCUT2D eigenvalue weighted by Crippen LogP contribution is 2.13. The van der Waals surface area contributed by atoms with Crippen LogP contribution in [0.3, 0.4) is 0 Å². The summed E-state index contributed by atoms with van der Waals surface area (Å²) in [7, 11) is 0. The molecule has 0 bridgehead atoms. The molecule has 2 aromatic rings. The van der Waals surface area contributed by atoms with E-state index in [0.717, 1.165) is 31.4 Å². The van der Waals surface area contributed by atoms with Gasteiger partial charge in [0.1, 0.15) is 0 Å². The molecule has 234 valence electrons. The highest BCUT2D eigenvalue weighted by Gasteiger charge is 2.02. The van der Waals surface area contributed by atoms with Gasteiger partial charge in [-0.25, -0.2) is 0 Å². The Hall–Kier alpha value is -1.81. The number of halogens is 1. The average molecular weight is 587 g/mol. The lowest BCUT2D eigenvalue weighted by Gasteiger charge is -2.14. The fourth-order valence-electron chi connectivity index (χ4n) is 5.54. The number of nitrogens with one attached hydrogen (secondary N) is 1. The highest BCUT2D eigenvalue weighted by molar-refractivity contribution is 5.85. The SMILES string of the molecule is CCCCCCCCN=c1ccn(CCCCCCCCCCn2ccc(=N)cc2CCCCCCCC)cc1.Cl. The first kappa shape index (κ1) is 37.2. The molecule has 0 aliphatic carbocycles. The summed E-state index contributed by atoms with van der Waals surface area (Å²) in [5.74, 6) is 0. The van der Waals surface area contributed by atoms with Gasteiger partial charge < -0.3 is 14.5 Å². The second kappa shape index (κ2) is 25.9. The van der Waals surface area contributed by atoms with Crippen LogP contribution in [0.5, 0.6) is 0 Å². The van der Waals surface area contributed by atoms with E-state index in [2.05, 4.69) is 59.8 Å². The summed E-state index contributed by atoms with van der Waals surface area (Å²) < 4.78 is 4.73. The smallest absolute Gasteiger partial charge is 0.0603 e. The van der Waals surface area contributed by atoms with Crippen molar-refractivity contribution in [2.24, 2.45) is 4.99 Å². The van der Waals surface area contributed by atoms with Gasteiger partial charge in [0, 0.05) is 43.9 Å². The number of hydrogen-bond donors (Lipinski definition) is 1. The molecule has 0 atom stereocenters. The number of pyridine rings is 2. The monoisotopic (exact) mass is 586 g/mol. The van der Waals surface area contributed by atoms with E-state index in [1.807, 2.05) is 6.07 Å². The lowest BCUT2D eigenvalue weighted by Crippen LogP contribution is -2.12. The molecule has 5 heteroatoms. The summed E-state index contributed by atoms with van der Waals surface area (Å²) in [6, 6.07) is 8.39. The molecule has 0 aliphatic heterocycles. The molecule has 0 saturated carbocycles. The Balaban J connectivity index is 0.00000840. The van der Waals surface area contributed by atoms with Crippen molar-refractivity contribution in [1.82, 2.24) is 9.13 Å². The van der Waals surface area contributed by atoms with Crippen molar-refractivity contribution in [3.8, 4) is 0 Å². The van der Waals surface area contributed by atoms with E-state index >= 15 is 0 Å². The molecule has 2 rings (SSSR count). The predicted molar refractivity (Wildman–Crippen MR) is 180 cm³/mol. The second-order valence-corrected chi connectivity index (χ2v) is 11.9. The number of aryl methyl sites for hydroxylation is 3. The maximum atomic E-state index is 8.03. The van der Waals surface area contributed by atoms with Crippen LogP contribution in [0.1, 0.15) is 148 Å². The van der Waals surface area contributed by atoms with E-state index in [4.69, 9.17) is 10.4 Å². The molecule has 1 N–H and O–H groups in total. The van der Waals surface area contributed by atoms with Gasteiger partial charge in [-0.1, -0.05) is 117 Å². The van der Waals surface area contributed by atoms with E-state index in [1.54, 1.807) is 0 Å². The van der Waals surface area contributed by atoms with E-state index in [1.165, 1.54) is 134 Å². The molecule has 2 heterocycles. The number of nitrogens with zero attached hydrogens (tertiary/aromatic N) is 3. The molecule has 0 aromatic carbocycles. The molecule has 41 heavy (non-hydrogen) atoms. The van der Waals surface area contributed by atoms with Crippen LogP contribution in [0.4, 0.5) is 0 Å². The summed E-state index contributed by atoms with van der Waals surface area (Å²) in [6.45, 7) is 7.74. The Morgan fingerprint density at radius 3 is 1.71 bits per heavy atom. The van der Waals surface area contributed by atoms with Gasteiger partial charge in [-0.15, -0.1) is 12.4 Å². The zero-order chi connectivity index (χ0) is 28.5. The van der Waals surface area contributed by atoms with Crippen LogP contribution in [0.15, 0.2) is 47.8 Å². The van der Waals surface area contributed by atoms with Crippen molar-refractivity contribution in [3.05, 3.63) is 59.3 Å². The van der Waals surface area contributed by atoms with Gasteiger partial charge in [-0.05, 0) is 56.4 Å². The number of rotatable bonds is 25. The van der Waals surface area contributed by atoms with Crippen LogP contribution in [-0.4, -0.2) is 15.7 Å². The largest absolute Gasteiger partial charge is 0.354 e. The molecule has 2 aromatic heterocycles. The van der Waals surface area contributed by atoms with Gasteiger partial charge in [0.25, 0.3) is 0 Å². The molecule has 0 aliphatic rings. The molecule has 0 spiro atoms. The average Bonchev–Trinajstić information content (AvgIpc) is 2.97. The maximum absolute atomic E-state index is 8.03. The molecule has 0 amide bonds. The maximum Gasteiger partial charge on any atom is 0.0603 e. The summed E-state index contributed by atoms with van der Waals surface area (Å²) >= 11 is 0. The summed E-state index contributed by atoms with van der Waals surface area (Å²) in [4.78, 5) is 4.74. The molecule has 0 saturated heterocycles. The minimum atomic E-state index is 0. The molecule has 0 unspecified atom stereocenters. The van der Waals surface area contributed by atoms with Gasteiger partial charge in [0.15, 0.2) is 0 Å². The van der Waals surface area contributed by atoms with Crippen molar-refractivity contribution < 1.29 is 0 Å². The first-order valence-electron chi connectivity index (χ1n) is 17.1. The van der Waals surface area contributed by atoms with E-state index in [-0.39, 0.29) is 12.4 Å². The van der Waals surface area contributed by atoms with Crippen molar-refractivity contribution in [1.29, 1.82) is 5.41 Å². The summed E-state index contributed by atoms with van der Waals surface area (Å²) in [5.41, 5.74) is 1.36. The number of aromatic nitrogens is 2. The van der Waals surface area contributed by atoms with E-state index < -0.39 is 0 Å². The van der Waals surface area contributed by atoms with Gasteiger partial charge in [-0.3, -0.25) is 4.99 Å². The third-order valence-electron chi connectivity index (χ3n) is 8.16. The lowest BCUT2D eigenvalue weighted by molar-refractivity contribution is 0.516. The van der Waals surface area contributed by atoms with Crippen LogP contribution in [0.25, 0.3) is 0 Å². The van der Waals surface area contributed by atoms with Gasteiger partial charge in [0.2, 0.25) is 0 Å². The van der Waals surface area contributed by atoms with Gasteiger partial charge in [0.05, 0.1) is 10.7 Å². The molecular weight excluding hydrogens is 524 g/mol. The number of hydrogen-bond acceptors (Lipinski definition) is 2. The Bertz CT molecular complexity index is 973. The standard InChI is InChI=1S/C36H62N4.ClH/c1-3-5-7-9-15-19-23-36-33-34(37)24-32-40(36)29-22-18-14-12-11-13-17-21-28-39-30-25-35(26-31-39)38-27-20-16-10-8-6-4-2;/h24-26,30-33,37H,3-23,27-29H2,1-2H3;1H. The highest BCUT2D eigenvalue weighted by atomic mass is 35.5. The zero-order valence-corrected chi connectivity index (χ0v) is 27.6. The predicted octanol–water partition coefficient (Wildman–Crippen LogP) is 10.2. The number of unbranched alkanes of at least 4 members (excludes halogenated alkanes) is 17.